The van der Waals surface area contributed by atoms with E-state index in [-0.39, 0.29) is 12.5 Å². The minimum atomic E-state index is -0.453. The van der Waals surface area contributed by atoms with Crippen LogP contribution in [0.3, 0.4) is 0 Å². The fourth-order valence-electron chi connectivity index (χ4n) is 2.32. The molecule has 2 aromatic rings. The largest absolute Gasteiger partial charge is 0.483 e. The van der Waals surface area contributed by atoms with Gasteiger partial charge in [-0.2, -0.15) is 0 Å². The lowest BCUT2D eigenvalue weighted by Gasteiger charge is -2.13. The van der Waals surface area contributed by atoms with E-state index in [0.717, 1.165) is 16.7 Å². The number of aryl methyl sites for hydroxylation is 3. The van der Waals surface area contributed by atoms with Gasteiger partial charge in [-0.1, -0.05) is 29.8 Å². The first kappa shape index (κ1) is 17.8. The summed E-state index contributed by atoms with van der Waals surface area (Å²) in [6.07, 6.45) is 0. The van der Waals surface area contributed by atoms with E-state index in [1.807, 2.05) is 32.9 Å². The molecule has 0 spiro atoms. The first-order valence-corrected chi connectivity index (χ1v) is 7.80. The molecule has 0 aromatic heterocycles. The van der Waals surface area contributed by atoms with Crippen LogP contribution in [0.5, 0.6) is 5.75 Å². The van der Waals surface area contributed by atoms with Gasteiger partial charge in [0.25, 0.3) is 11.8 Å². The van der Waals surface area contributed by atoms with Crippen molar-refractivity contribution in [3.63, 3.8) is 0 Å². The summed E-state index contributed by atoms with van der Waals surface area (Å²) < 4.78 is 5.52. The van der Waals surface area contributed by atoms with Crippen molar-refractivity contribution >= 4 is 23.4 Å². The number of rotatable bonds is 4. The van der Waals surface area contributed by atoms with Gasteiger partial charge in [0.05, 0.1) is 0 Å². The molecule has 0 aliphatic carbocycles. The average molecular weight is 347 g/mol. The Morgan fingerprint density at radius 3 is 2.25 bits per heavy atom. The third kappa shape index (κ3) is 4.49. The molecule has 2 N–H and O–H groups in total. The Hall–Kier alpha value is -2.53. The SMILES string of the molecule is Cc1ccccc1C(=O)NNC(=O)COc1c(C)cc(Cl)cc1C. The van der Waals surface area contributed by atoms with E-state index in [0.29, 0.717) is 16.3 Å². The maximum atomic E-state index is 12.0. The zero-order chi connectivity index (χ0) is 17.7. The molecule has 0 aliphatic heterocycles. The number of benzene rings is 2. The van der Waals surface area contributed by atoms with Gasteiger partial charge in [0, 0.05) is 10.6 Å². The van der Waals surface area contributed by atoms with Crippen molar-refractivity contribution in [2.75, 3.05) is 6.61 Å². The average Bonchev–Trinajstić information content (AvgIpc) is 2.52. The van der Waals surface area contributed by atoms with Crippen molar-refractivity contribution in [2.24, 2.45) is 0 Å². The summed E-state index contributed by atoms with van der Waals surface area (Å²) in [6, 6.07) is 10.7. The van der Waals surface area contributed by atoms with Crippen molar-refractivity contribution in [1.82, 2.24) is 10.9 Å². The third-order valence-corrected chi connectivity index (χ3v) is 3.70. The first-order valence-electron chi connectivity index (χ1n) is 7.43. The number of halogens is 1. The predicted octanol–water partition coefficient (Wildman–Crippen LogP) is 3.11. The zero-order valence-corrected chi connectivity index (χ0v) is 14.5. The molecular formula is C18H19ClN2O3. The Labute approximate surface area is 145 Å². The van der Waals surface area contributed by atoms with Gasteiger partial charge in [0.15, 0.2) is 6.61 Å². The maximum Gasteiger partial charge on any atom is 0.276 e. The highest BCUT2D eigenvalue weighted by Crippen LogP contribution is 2.26. The van der Waals surface area contributed by atoms with E-state index >= 15 is 0 Å². The van der Waals surface area contributed by atoms with Crippen LogP contribution in [-0.4, -0.2) is 18.4 Å². The predicted molar refractivity (Wildman–Crippen MR) is 93.2 cm³/mol. The molecular weight excluding hydrogens is 328 g/mol. The number of carbonyl (C=O) groups excluding carboxylic acids is 2. The van der Waals surface area contributed by atoms with Gasteiger partial charge in [-0.25, -0.2) is 0 Å². The summed E-state index contributed by atoms with van der Waals surface area (Å²) in [6.45, 7) is 5.32. The monoisotopic (exact) mass is 346 g/mol. The van der Waals surface area contributed by atoms with Crippen LogP contribution in [0.2, 0.25) is 5.02 Å². The molecule has 0 unspecified atom stereocenters. The molecule has 2 rings (SSSR count). The Kier molecular flexibility index (Phi) is 5.82. The molecule has 0 saturated carbocycles. The number of amides is 2. The molecule has 126 valence electrons. The molecule has 5 nitrogen and oxygen atoms in total. The van der Waals surface area contributed by atoms with Gasteiger partial charge in [-0.15, -0.1) is 0 Å². The van der Waals surface area contributed by atoms with E-state index in [1.165, 1.54) is 0 Å². The molecule has 0 aliphatic rings. The Morgan fingerprint density at radius 2 is 1.62 bits per heavy atom. The third-order valence-electron chi connectivity index (χ3n) is 3.48. The number of hydrogen-bond donors (Lipinski definition) is 2. The highest BCUT2D eigenvalue weighted by Gasteiger charge is 2.11. The highest BCUT2D eigenvalue weighted by molar-refractivity contribution is 6.30. The van der Waals surface area contributed by atoms with Crippen LogP contribution in [-0.2, 0) is 4.79 Å². The number of nitrogens with one attached hydrogen (secondary N) is 2. The van der Waals surface area contributed by atoms with Gasteiger partial charge in [0.2, 0.25) is 0 Å². The van der Waals surface area contributed by atoms with Crippen LogP contribution >= 0.6 is 11.6 Å². The summed E-state index contributed by atoms with van der Waals surface area (Å²) in [7, 11) is 0. The van der Waals surface area contributed by atoms with Gasteiger partial charge in [0.1, 0.15) is 5.75 Å². The van der Waals surface area contributed by atoms with Crippen molar-refractivity contribution in [2.45, 2.75) is 20.8 Å². The second kappa shape index (κ2) is 7.84. The first-order chi connectivity index (χ1) is 11.4. The number of hydrogen-bond acceptors (Lipinski definition) is 3. The maximum absolute atomic E-state index is 12.0. The molecule has 0 saturated heterocycles. The summed E-state index contributed by atoms with van der Waals surface area (Å²) in [5.41, 5.74) is 7.73. The van der Waals surface area contributed by atoms with Gasteiger partial charge >= 0.3 is 0 Å². The molecule has 0 atom stereocenters. The smallest absolute Gasteiger partial charge is 0.276 e. The molecule has 2 aromatic carbocycles. The summed E-state index contributed by atoms with van der Waals surface area (Å²) in [5.74, 6) is -0.217. The van der Waals surface area contributed by atoms with Crippen LogP contribution in [0, 0.1) is 20.8 Å². The molecule has 0 radical (unpaired) electrons. The lowest BCUT2D eigenvalue weighted by atomic mass is 10.1. The van der Waals surface area contributed by atoms with E-state index in [1.54, 1.807) is 24.3 Å². The lowest BCUT2D eigenvalue weighted by Crippen LogP contribution is -2.44. The minimum absolute atomic E-state index is 0.211. The van der Waals surface area contributed by atoms with Gasteiger partial charge in [-0.05, 0) is 55.7 Å². The molecule has 24 heavy (non-hydrogen) atoms. The fourth-order valence-corrected chi connectivity index (χ4v) is 2.65. The second-order valence-corrected chi connectivity index (χ2v) is 5.91. The van der Waals surface area contributed by atoms with Crippen LogP contribution in [0.15, 0.2) is 36.4 Å². The highest BCUT2D eigenvalue weighted by atomic mass is 35.5. The molecule has 2 amide bonds. The summed E-state index contributed by atoms with van der Waals surface area (Å²) in [5, 5.41) is 0.618. The molecule has 0 fully saturated rings. The van der Waals surface area contributed by atoms with Crippen LogP contribution in [0.1, 0.15) is 27.0 Å². The second-order valence-electron chi connectivity index (χ2n) is 5.47. The van der Waals surface area contributed by atoms with Crippen LogP contribution in [0.25, 0.3) is 0 Å². The summed E-state index contributed by atoms with van der Waals surface area (Å²) >= 11 is 5.96. The van der Waals surface area contributed by atoms with Crippen molar-refractivity contribution in [3.8, 4) is 5.75 Å². The normalized spacial score (nSPS) is 10.2. The van der Waals surface area contributed by atoms with Crippen LogP contribution < -0.4 is 15.6 Å². The molecule has 0 heterocycles. The minimum Gasteiger partial charge on any atom is -0.483 e. The van der Waals surface area contributed by atoms with E-state index < -0.39 is 5.91 Å². The standard InChI is InChI=1S/C18H19ClN2O3/c1-11-6-4-5-7-15(11)18(23)21-20-16(22)10-24-17-12(2)8-14(19)9-13(17)3/h4-9H,10H2,1-3H3,(H,20,22)(H,21,23). The Balaban J connectivity index is 1.88. The quantitative estimate of drug-likeness (QED) is 0.836. The number of hydrazine groups is 1. The molecule has 6 heteroatoms. The molecule has 0 bridgehead atoms. The van der Waals surface area contributed by atoms with Crippen LogP contribution in [0.4, 0.5) is 0 Å². The van der Waals surface area contributed by atoms with E-state index in [9.17, 15) is 9.59 Å². The lowest BCUT2D eigenvalue weighted by molar-refractivity contribution is -0.123. The summed E-state index contributed by atoms with van der Waals surface area (Å²) in [4.78, 5) is 23.9. The zero-order valence-electron chi connectivity index (χ0n) is 13.8. The fraction of sp³-hybridized carbons (Fsp3) is 0.222. The van der Waals surface area contributed by atoms with Gasteiger partial charge in [-0.3, -0.25) is 20.4 Å². The Bertz CT molecular complexity index is 752. The van der Waals surface area contributed by atoms with Crippen molar-refractivity contribution in [1.29, 1.82) is 0 Å². The van der Waals surface area contributed by atoms with E-state index in [4.69, 9.17) is 16.3 Å². The number of ether oxygens (including phenoxy) is 1. The van der Waals surface area contributed by atoms with Gasteiger partial charge < -0.3 is 4.74 Å². The Morgan fingerprint density at radius 1 is 1.00 bits per heavy atom. The van der Waals surface area contributed by atoms with Crippen molar-refractivity contribution < 1.29 is 14.3 Å². The van der Waals surface area contributed by atoms with E-state index in [2.05, 4.69) is 10.9 Å². The van der Waals surface area contributed by atoms with Crippen molar-refractivity contribution in [3.05, 3.63) is 63.7 Å². The topological polar surface area (TPSA) is 67.4 Å². The number of carbonyl (C=O) groups is 2.